The van der Waals surface area contributed by atoms with Gasteiger partial charge in [0.25, 0.3) is 0 Å². The monoisotopic (exact) mass is 294 g/mol. The molecule has 0 amide bonds. The molecular formula is C16H16ClFO2. The summed E-state index contributed by atoms with van der Waals surface area (Å²) in [7, 11) is 1.58. The molecule has 2 aliphatic carbocycles. The molecule has 0 bridgehead atoms. The fraction of sp³-hybridized carbons (Fsp3) is 0.438. The van der Waals surface area contributed by atoms with Gasteiger partial charge < -0.3 is 4.74 Å². The van der Waals surface area contributed by atoms with Gasteiger partial charge in [0.05, 0.1) is 18.8 Å². The van der Waals surface area contributed by atoms with Crippen molar-refractivity contribution in [3.05, 3.63) is 34.4 Å². The van der Waals surface area contributed by atoms with E-state index in [0.717, 1.165) is 29.5 Å². The average Bonchev–Trinajstić information content (AvgIpc) is 2.72. The second-order valence-electron chi connectivity index (χ2n) is 5.56. The van der Waals surface area contributed by atoms with E-state index >= 15 is 0 Å². The molecule has 1 unspecified atom stereocenters. The third kappa shape index (κ3) is 1.96. The van der Waals surface area contributed by atoms with E-state index in [9.17, 15) is 9.18 Å². The number of benzene rings is 1. The lowest BCUT2D eigenvalue weighted by Crippen LogP contribution is -2.26. The molecule has 1 aromatic carbocycles. The van der Waals surface area contributed by atoms with Crippen LogP contribution in [0.4, 0.5) is 4.39 Å². The van der Waals surface area contributed by atoms with Gasteiger partial charge in [-0.05, 0) is 54.2 Å². The number of rotatable bonds is 3. The second-order valence-corrected chi connectivity index (χ2v) is 5.97. The maximum absolute atomic E-state index is 13.0. The maximum atomic E-state index is 13.0. The molecule has 0 saturated heterocycles. The highest BCUT2D eigenvalue weighted by Gasteiger charge is 2.44. The van der Waals surface area contributed by atoms with Gasteiger partial charge in [-0.25, -0.2) is 0 Å². The number of methoxy groups -OCH3 is 1. The summed E-state index contributed by atoms with van der Waals surface area (Å²) in [5.74, 6) is 0.751. The van der Waals surface area contributed by atoms with E-state index in [1.165, 1.54) is 0 Å². The first-order valence-corrected chi connectivity index (χ1v) is 7.15. The fourth-order valence-corrected chi connectivity index (χ4v) is 3.71. The van der Waals surface area contributed by atoms with E-state index in [-0.39, 0.29) is 17.9 Å². The smallest absolute Gasteiger partial charge is 0.156 e. The van der Waals surface area contributed by atoms with Crippen molar-refractivity contribution in [3.8, 4) is 5.75 Å². The third-order valence-corrected chi connectivity index (χ3v) is 4.79. The molecule has 3 rings (SSSR count). The molecule has 2 nitrogen and oxygen atoms in total. The predicted molar refractivity (Wildman–Crippen MR) is 77.0 cm³/mol. The van der Waals surface area contributed by atoms with Gasteiger partial charge in [-0.1, -0.05) is 11.6 Å². The van der Waals surface area contributed by atoms with Crippen LogP contribution < -0.4 is 4.74 Å². The van der Waals surface area contributed by atoms with Crippen LogP contribution in [0.1, 0.15) is 30.4 Å². The first-order valence-electron chi connectivity index (χ1n) is 6.77. The highest BCUT2D eigenvalue weighted by atomic mass is 35.5. The first-order chi connectivity index (χ1) is 9.59. The number of fused-ring (bicyclic) bond motifs is 3. The standard InChI is InChI=1S/C16H16ClFO2/c1-20-15-6-10-9-16(4-5-18)3-2-11(19)7-13(16)12(10)8-14(15)17/h6-8H,2-5,9H2,1H3. The number of carbonyl (C=O) groups is 1. The molecule has 1 atom stereocenters. The number of ketones is 1. The number of alkyl halides is 1. The van der Waals surface area contributed by atoms with Crippen LogP contribution in [0.3, 0.4) is 0 Å². The topological polar surface area (TPSA) is 26.3 Å². The molecule has 0 heterocycles. The van der Waals surface area contributed by atoms with Gasteiger partial charge in [-0.2, -0.15) is 0 Å². The number of ether oxygens (including phenoxy) is 1. The fourth-order valence-electron chi connectivity index (χ4n) is 3.47. The summed E-state index contributed by atoms with van der Waals surface area (Å²) in [6.45, 7) is -0.371. The molecule has 0 spiro atoms. The van der Waals surface area contributed by atoms with Crippen molar-refractivity contribution in [3.63, 3.8) is 0 Å². The van der Waals surface area contributed by atoms with E-state index in [1.54, 1.807) is 13.2 Å². The number of hydrogen-bond acceptors (Lipinski definition) is 2. The lowest BCUT2D eigenvalue weighted by Gasteiger charge is -2.32. The minimum Gasteiger partial charge on any atom is -0.495 e. The van der Waals surface area contributed by atoms with Crippen LogP contribution in [0, 0.1) is 5.41 Å². The van der Waals surface area contributed by atoms with Crippen LogP contribution in [-0.2, 0) is 11.2 Å². The van der Waals surface area contributed by atoms with Crippen LogP contribution in [0.5, 0.6) is 5.75 Å². The predicted octanol–water partition coefficient (Wildman–Crippen LogP) is 4.00. The molecule has 0 saturated carbocycles. The molecule has 0 aliphatic heterocycles. The number of halogens is 2. The Morgan fingerprint density at radius 2 is 2.25 bits per heavy atom. The number of allylic oxidation sites excluding steroid dienone is 2. The van der Waals surface area contributed by atoms with E-state index < -0.39 is 0 Å². The van der Waals surface area contributed by atoms with Gasteiger partial charge in [0, 0.05) is 11.8 Å². The summed E-state index contributed by atoms with van der Waals surface area (Å²) in [5, 5.41) is 0.529. The number of hydrogen-bond donors (Lipinski definition) is 0. The van der Waals surface area contributed by atoms with Crippen molar-refractivity contribution >= 4 is 23.0 Å². The van der Waals surface area contributed by atoms with Crippen LogP contribution >= 0.6 is 11.6 Å². The Kier molecular flexibility index (Phi) is 3.33. The lowest BCUT2D eigenvalue weighted by molar-refractivity contribution is -0.115. The second kappa shape index (κ2) is 4.88. The molecule has 0 aromatic heterocycles. The SMILES string of the molecule is COc1cc2c(cc1Cl)C1=CC(=O)CCC1(CCF)C2. The van der Waals surface area contributed by atoms with Crippen LogP contribution in [0.25, 0.3) is 5.57 Å². The molecule has 4 heteroatoms. The normalized spacial score (nSPS) is 24.1. The van der Waals surface area contributed by atoms with E-state index in [4.69, 9.17) is 16.3 Å². The maximum Gasteiger partial charge on any atom is 0.156 e. The summed E-state index contributed by atoms with van der Waals surface area (Å²) in [5.41, 5.74) is 2.81. The summed E-state index contributed by atoms with van der Waals surface area (Å²) in [4.78, 5) is 11.7. The number of carbonyl (C=O) groups excluding carboxylic acids is 1. The zero-order chi connectivity index (χ0) is 14.3. The lowest BCUT2D eigenvalue weighted by atomic mass is 9.71. The van der Waals surface area contributed by atoms with Gasteiger partial charge in [0.15, 0.2) is 5.78 Å². The Morgan fingerprint density at radius 3 is 2.95 bits per heavy atom. The molecule has 0 radical (unpaired) electrons. The molecule has 20 heavy (non-hydrogen) atoms. The summed E-state index contributed by atoms with van der Waals surface area (Å²) in [6, 6.07) is 3.77. The Balaban J connectivity index is 2.15. The Morgan fingerprint density at radius 1 is 1.45 bits per heavy atom. The minimum atomic E-state index is -0.371. The highest BCUT2D eigenvalue weighted by molar-refractivity contribution is 6.32. The third-order valence-electron chi connectivity index (χ3n) is 4.50. The van der Waals surface area contributed by atoms with Gasteiger partial charge in [0.1, 0.15) is 5.75 Å². The minimum absolute atomic E-state index is 0.120. The van der Waals surface area contributed by atoms with Crippen molar-refractivity contribution in [1.29, 1.82) is 0 Å². The van der Waals surface area contributed by atoms with E-state index in [2.05, 4.69) is 0 Å². The summed E-state index contributed by atoms with van der Waals surface area (Å²) in [6.07, 6.45) is 4.13. The van der Waals surface area contributed by atoms with Gasteiger partial charge in [0.2, 0.25) is 0 Å². The molecule has 0 N–H and O–H groups in total. The molecule has 0 fully saturated rings. The van der Waals surface area contributed by atoms with Crippen molar-refractivity contribution in [2.24, 2.45) is 5.41 Å². The van der Waals surface area contributed by atoms with Crippen LogP contribution in [0.2, 0.25) is 5.02 Å². The van der Waals surface area contributed by atoms with Crippen LogP contribution in [0.15, 0.2) is 18.2 Å². The average molecular weight is 295 g/mol. The summed E-state index contributed by atoms with van der Waals surface area (Å²) >= 11 is 6.19. The molecular weight excluding hydrogens is 279 g/mol. The van der Waals surface area contributed by atoms with Crippen molar-refractivity contribution in [1.82, 2.24) is 0 Å². The highest BCUT2D eigenvalue weighted by Crippen LogP contribution is 2.55. The van der Waals surface area contributed by atoms with Gasteiger partial charge in [-0.3, -0.25) is 9.18 Å². The Bertz CT molecular complexity index is 609. The quantitative estimate of drug-likeness (QED) is 0.842. The van der Waals surface area contributed by atoms with Crippen LogP contribution in [-0.4, -0.2) is 19.6 Å². The largest absolute Gasteiger partial charge is 0.495 e. The van der Waals surface area contributed by atoms with Crippen molar-refractivity contribution in [2.75, 3.05) is 13.8 Å². The van der Waals surface area contributed by atoms with E-state index in [1.807, 2.05) is 12.1 Å². The van der Waals surface area contributed by atoms with E-state index in [0.29, 0.717) is 23.6 Å². The first kappa shape index (κ1) is 13.6. The molecule has 2 aliphatic rings. The zero-order valence-corrected chi connectivity index (χ0v) is 12.1. The molecule has 1 aromatic rings. The van der Waals surface area contributed by atoms with Crippen molar-refractivity contribution < 1.29 is 13.9 Å². The Hall–Kier alpha value is -1.35. The molecule has 106 valence electrons. The zero-order valence-electron chi connectivity index (χ0n) is 11.3. The Labute approximate surface area is 122 Å². The van der Waals surface area contributed by atoms with Gasteiger partial charge in [-0.15, -0.1) is 0 Å². The van der Waals surface area contributed by atoms with Gasteiger partial charge >= 0.3 is 0 Å². The summed E-state index contributed by atoms with van der Waals surface area (Å²) < 4.78 is 18.2. The van der Waals surface area contributed by atoms with Crippen molar-refractivity contribution in [2.45, 2.75) is 25.7 Å².